The monoisotopic (exact) mass is 284 g/mol. The van der Waals surface area contributed by atoms with Crippen LogP contribution in [0, 0.1) is 12.7 Å². The maximum absolute atomic E-state index is 13.6. The smallest absolute Gasteiger partial charge is 0.123 e. The molecule has 0 spiro atoms. The van der Waals surface area contributed by atoms with Gasteiger partial charge in [0.05, 0.1) is 6.04 Å². The van der Waals surface area contributed by atoms with Gasteiger partial charge in [-0.15, -0.1) is 0 Å². The van der Waals surface area contributed by atoms with Gasteiger partial charge in [-0.1, -0.05) is 30.3 Å². The Balaban J connectivity index is 2.03. The number of hydrogen-bond donors (Lipinski definition) is 2. The minimum Gasteiger partial charge on any atom is -0.271 e. The van der Waals surface area contributed by atoms with Crippen molar-refractivity contribution in [3.05, 3.63) is 70.5 Å². The van der Waals surface area contributed by atoms with Gasteiger partial charge < -0.3 is 0 Å². The molecule has 0 saturated heterocycles. The van der Waals surface area contributed by atoms with Crippen molar-refractivity contribution in [2.45, 2.75) is 38.1 Å². The van der Waals surface area contributed by atoms with Gasteiger partial charge in [-0.25, -0.2) is 4.39 Å². The Hall–Kier alpha value is -1.71. The lowest BCUT2D eigenvalue weighted by atomic mass is 9.76. The summed E-state index contributed by atoms with van der Waals surface area (Å²) < 4.78 is 13.6. The fraction of sp³-hybridized carbons (Fsp3) is 0.333. The Morgan fingerprint density at radius 1 is 1.24 bits per heavy atom. The molecule has 1 aliphatic rings. The third-order valence-electron chi connectivity index (χ3n) is 4.57. The molecule has 110 valence electrons. The quantitative estimate of drug-likeness (QED) is 0.665. The maximum atomic E-state index is 13.6. The van der Waals surface area contributed by atoms with Crippen LogP contribution in [0.5, 0.6) is 0 Å². The van der Waals surface area contributed by atoms with Crippen molar-refractivity contribution >= 4 is 0 Å². The van der Waals surface area contributed by atoms with E-state index in [1.165, 1.54) is 17.2 Å². The summed E-state index contributed by atoms with van der Waals surface area (Å²) in [5.41, 5.74) is 7.69. The number of nitrogens with two attached hydrogens (primary N) is 1. The van der Waals surface area contributed by atoms with Gasteiger partial charge in [0.15, 0.2) is 0 Å². The molecule has 2 unspecified atom stereocenters. The SMILES string of the molecule is Cc1ccc(F)cc1C(NN)C1CCCc2ccccc21. The van der Waals surface area contributed by atoms with E-state index in [1.54, 1.807) is 6.07 Å². The lowest BCUT2D eigenvalue weighted by Gasteiger charge is -2.33. The van der Waals surface area contributed by atoms with Crippen LogP contribution >= 0.6 is 0 Å². The molecule has 2 aromatic rings. The molecule has 3 N–H and O–H groups in total. The largest absolute Gasteiger partial charge is 0.271 e. The van der Waals surface area contributed by atoms with Crippen LogP contribution in [-0.4, -0.2) is 0 Å². The van der Waals surface area contributed by atoms with Crippen molar-refractivity contribution in [3.63, 3.8) is 0 Å². The van der Waals surface area contributed by atoms with Crippen LogP contribution in [0.3, 0.4) is 0 Å². The number of benzene rings is 2. The first kappa shape index (κ1) is 14.2. The fourth-order valence-corrected chi connectivity index (χ4v) is 3.51. The molecule has 0 fully saturated rings. The van der Waals surface area contributed by atoms with Gasteiger partial charge in [0.1, 0.15) is 5.82 Å². The molecule has 0 heterocycles. The van der Waals surface area contributed by atoms with E-state index in [0.717, 1.165) is 30.4 Å². The van der Waals surface area contributed by atoms with Crippen molar-refractivity contribution in [2.75, 3.05) is 0 Å². The van der Waals surface area contributed by atoms with Crippen LogP contribution in [0.2, 0.25) is 0 Å². The molecule has 1 aliphatic carbocycles. The summed E-state index contributed by atoms with van der Waals surface area (Å²) in [7, 11) is 0. The van der Waals surface area contributed by atoms with Gasteiger partial charge in [0.2, 0.25) is 0 Å². The first-order valence-corrected chi connectivity index (χ1v) is 7.50. The van der Waals surface area contributed by atoms with E-state index in [4.69, 9.17) is 5.84 Å². The summed E-state index contributed by atoms with van der Waals surface area (Å²) in [6.07, 6.45) is 3.34. The molecule has 2 atom stereocenters. The number of nitrogens with one attached hydrogen (secondary N) is 1. The second-order valence-corrected chi connectivity index (χ2v) is 5.84. The van der Waals surface area contributed by atoms with Gasteiger partial charge in [-0.2, -0.15) is 0 Å². The van der Waals surface area contributed by atoms with Crippen molar-refractivity contribution < 1.29 is 4.39 Å². The zero-order valence-corrected chi connectivity index (χ0v) is 12.3. The molecule has 0 aromatic heterocycles. The van der Waals surface area contributed by atoms with Crippen LogP contribution in [0.1, 0.15) is 47.1 Å². The van der Waals surface area contributed by atoms with E-state index < -0.39 is 0 Å². The number of hydrogen-bond acceptors (Lipinski definition) is 2. The lowest BCUT2D eigenvalue weighted by Crippen LogP contribution is -2.34. The Morgan fingerprint density at radius 3 is 2.86 bits per heavy atom. The molecule has 0 bridgehead atoms. The summed E-state index contributed by atoms with van der Waals surface area (Å²) >= 11 is 0. The standard InChI is InChI=1S/C18H21FN2/c1-12-9-10-14(19)11-17(12)18(21-20)16-8-4-6-13-5-2-3-7-15(13)16/h2-3,5,7,9-11,16,18,21H,4,6,8,20H2,1H3. The first-order chi connectivity index (χ1) is 10.2. The van der Waals surface area contributed by atoms with Crippen LogP contribution in [-0.2, 0) is 6.42 Å². The second-order valence-electron chi connectivity index (χ2n) is 5.84. The number of fused-ring (bicyclic) bond motifs is 1. The normalized spacial score (nSPS) is 19.1. The predicted molar refractivity (Wildman–Crippen MR) is 83.3 cm³/mol. The second kappa shape index (κ2) is 5.96. The Labute approximate surface area is 125 Å². The highest BCUT2D eigenvalue weighted by molar-refractivity contribution is 5.38. The van der Waals surface area contributed by atoms with E-state index in [-0.39, 0.29) is 11.9 Å². The van der Waals surface area contributed by atoms with E-state index in [0.29, 0.717) is 5.92 Å². The predicted octanol–water partition coefficient (Wildman–Crippen LogP) is 3.76. The van der Waals surface area contributed by atoms with Crippen LogP contribution in [0.4, 0.5) is 4.39 Å². The molecule has 0 radical (unpaired) electrons. The summed E-state index contributed by atoms with van der Waals surface area (Å²) in [6.45, 7) is 2.01. The van der Waals surface area contributed by atoms with E-state index in [2.05, 4.69) is 29.7 Å². The van der Waals surface area contributed by atoms with Gasteiger partial charge in [-0.05, 0) is 60.6 Å². The molecule has 0 amide bonds. The van der Waals surface area contributed by atoms with Gasteiger partial charge in [0.25, 0.3) is 0 Å². The third-order valence-corrected chi connectivity index (χ3v) is 4.57. The molecule has 2 aromatic carbocycles. The molecule has 0 aliphatic heterocycles. The van der Waals surface area contributed by atoms with E-state index in [1.807, 2.05) is 13.0 Å². The maximum Gasteiger partial charge on any atom is 0.123 e. The van der Waals surface area contributed by atoms with Gasteiger partial charge in [-0.3, -0.25) is 11.3 Å². The van der Waals surface area contributed by atoms with Crippen LogP contribution in [0.25, 0.3) is 0 Å². The Kier molecular flexibility index (Phi) is 4.04. The lowest BCUT2D eigenvalue weighted by molar-refractivity contribution is 0.405. The minimum absolute atomic E-state index is 0.0536. The zero-order valence-electron chi connectivity index (χ0n) is 12.3. The first-order valence-electron chi connectivity index (χ1n) is 7.50. The van der Waals surface area contributed by atoms with Crippen molar-refractivity contribution in [2.24, 2.45) is 5.84 Å². The van der Waals surface area contributed by atoms with Gasteiger partial charge >= 0.3 is 0 Å². The van der Waals surface area contributed by atoms with Crippen molar-refractivity contribution in [1.29, 1.82) is 0 Å². The minimum atomic E-state index is -0.208. The van der Waals surface area contributed by atoms with Gasteiger partial charge in [0, 0.05) is 5.92 Å². The summed E-state index contributed by atoms with van der Waals surface area (Å²) in [5.74, 6) is 5.92. The molecule has 3 rings (SSSR count). The van der Waals surface area contributed by atoms with E-state index in [9.17, 15) is 4.39 Å². The van der Waals surface area contributed by atoms with Crippen LogP contribution < -0.4 is 11.3 Å². The average Bonchev–Trinajstić information content (AvgIpc) is 2.51. The number of aryl methyl sites for hydroxylation is 2. The number of halogens is 1. The molecule has 0 saturated carbocycles. The highest BCUT2D eigenvalue weighted by Gasteiger charge is 2.29. The summed E-state index contributed by atoms with van der Waals surface area (Å²) in [5, 5.41) is 0. The molecule has 3 heteroatoms. The topological polar surface area (TPSA) is 38.0 Å². The highest BCUT2D eigenvalue weighted by atomic mass is 19.1. The number of hydrazine groups is 1. The fourth-order valence-electron chi connectivity index (χ4n) is 3.51. The molecular formula is C18H21FN2. The van der Waals surface area contributed by atoms with Crippen molar-refractivity contribution in [3.8, 4) is 0 Å². The van der Waals surface area contributed by atoms with Crippen LogP contribution in [0.15, 0.2) is 42.5 Å². The zero-order chi connectivity index (χ0) is 14.8. The van der Waals surface area contributed by atoms with E-state index >= 15 is 0 Å². The number of rotatable bonds is 3. The Bertz CT molecular complexity index is 639. The third kappa shape index (κ3) is 2.71. The molecule has 21 heavy (non-hydrogen) atoms. The summed E-state index contributed by atoms with van der Waals surface area (Å²) in [6, 6.07) is 13.4. The summed E-state index contributed by atoms with van der Waals surface area (Å²) in [4.78, 5) is 0. The molecule has 2 nitrogen and oxygen atoms in total. The molecular weight excluding hydrogens is 263 g/mol. The Morgan fingerprint density at radius 2 is 2.05 bits per heavy atom. The van der Waals surface area contributed by atoms with Crippen molar-refractivity contribution in [1.82, 2.24) is 5.43 Å². The average molecular weight is 284 g/mol. The highest BCUT2D eigenvalue weighted by Crippen LogP contribution is 2.40.